The molecule has 0 aliphatic carbocycles. The van der Waals surface area contributed by atoms with Gasteiger partial charge in [-0.15, -0.1) is 11.6 Å². The Kier molecular flexibility index (Phi) is 2.84. The number of rotatable bonds is 1. The van der Waals surface area contributed by atoms with Gasteiger partial charge in [0.2, 0.25) is 0 Å². The summed E-state index contributed by atoms with van der Waals surface area (Å²) in [6.45, 7) is 4.49. The van der Waals surface area contributed by atoms with Gasteiger partial charge in [-0.2, -0.15) is 0 Å². The first-order valence-corrected chi connectivity index (χ1v) is 6.98. The van der Waals surface area contributed by atoms with Crippen LogP contribution in [0.4, 0.5) is 0 Å². The lowest BCUT2D eigenvalue weighted by Gasteiger charge is -2.38. The van der Waals surface area contributed by atoms with Crippen molar-refractivity contribution in [3.63, 3.8) is 0 Å². The van der Waals surface area contributed by atoms with Crippen molar-refractivity contribution in [1.29, 1.82) is 0 Å². The molecule has 1 heterocycles. The van der Waals surface area contributed by atoms with Crippen LogP contribution in [-0.2, 0) is 6.42 Å². The standard InChI is InChI=1S/C16H18ClN/c1-16(2)9-14-12-6-4-3-5-11(12)7-8-13(14)15(10-17)18-16/h3-8,15,18H,9-10H2,1-2H3/t15-/m0/s1. The third-order valence-corrected chi connectivity index (χ3v) is 4.10. The van der Waals surface area contributed by atoms with Crippen molar-refractivity contribution in [2.75, 3.05) is 5.88 Å². The molecule has 1 N–H and O–H groups in total. The molecule has 0 bridgehead atoms. The summed E-state index contributed by atoms with van der Waals surface area (Å²) in [7, 11) is 0. The van der Waals surface area contributed by atoms with Gasteiger partial charge < -0.3 is 5.32 Å². The maximum atomic E-state index is 6.12. The normalized spacial score (nSPS) is 21.8. The fourth-order valence-electron chi connectivity index (χ4n) is 3.04. The molecule has 0 saturated heterocycles. The van der Waals surface area contributed by atoms with Crippen molar-refractivity contribution in [2.24, 2.45) is 0 Å². The van der Waals surface area contributed by atoms with Crippen molar-refractivity contribution in [2.45, 2.75) is 31.8 Å². The van der Waals surface area contributed by atoms with Crippen LogP contribution in [0.15, 0.2) is 36.4 Å². The van der Waals surface area contributed by atoms with Crippen molar-refractivity contribution in [3.05, 3.63) is 47.5 Å². The quantitative estimate of drug-likeness (QED) is 0.762. The Morgan fingerprint density at radius 3 is 2.78 bits per heavy atom. The zero-order valence-corrected chi connectivity index (χ0v) is 11.6. The fourth-order valence-corrected chi connectivity index (χ4v) is 3.28. The van der Waals surface area contributed by atoms with Crippen molar-refractivity contribution in [3.8, 4) is 0 Å². The van der Waals surface area contributed by atoms with E-state index in [9.17, 15) is 0 Å². The van der Waals surface area contributed by atoms with Gasteiger partial charge in [-0.05, 0) is 42.2 Å². The van der Waals surface area contributed by atoms with Crippen LogP contribution in [0.3, 0.4) is 0 Å². The zero-order valence-electron chi connectivity index (χ0n) is 10.8. The maximum Gasteiger partial charge on any atom is 0.0464 e. The summed E-state index contributed by atoms with van der Waals surface area (Å²) in [5.41, 5.74) is 2.93. The van der Waals surface area contributed by atoms with Crippen LogP contribution >= 0.6 is 11.6 Å². The minimum Gasteiger partial charge on any atom is -0.304 e. The van der Waals surface area contributed by atoms with Crippen molar-refractivity contribution in [1.82, 2.24) is 5.32 Å². The number of benzene rings is 2. The van der Waals surface area contributed by atoms with Crippen molar-refractivity contribution < 1.29 is 0 Å². The summed E-state index contributed by atoms with van der Waals surface area (Å²) in [5, 5.41) is 6.33. The van der Waals surface area contributed by atoms with E-state index in [2.05, 4.69) is 55.6 Å². The third kappa shape index (κ3) is 1.92. The van der Waals surface area contributed by atoms with Crippen LogP contribution in [0.25, 0.3) is 10.8 Å². The Balaban J connectivity index is 2.25. The molecule has 1 atom stereocenters. The summed E-state index contributed by atoms with van der Waals surface area (Å²) in [5.74, 6) is 0.620. The molecule has 1 aliphatic heterocycles. The van der Waals surface area contributed by atoms with Gasteiger partial charge in [0.25, 0.3) is 0 Å². The van der Waals surface area contributed by atoms with Gasteiger partial charge in [-0.3, -0.25) is 0 Å². The fraction of sp³-hybridized carbons (Fsp3) is 0.375. The van der Waals surface area contributed by atoms with E-state index in [1.807, 2.05) is 0 Å². The topological polar surface area (TPSA) is 12.0 Å². The predicted molar refractivity (Wildman–Crippen MR) is 78.3 cm³/mol. The first kappa shape index (κ1) is 12.0. The van der Waals surface area contributed by atoms with Crippen LogP contribution < -0.4 is 5.32 Å². The van der Waals surface area contributed by atoms with E-state index in [0.717, 1.165) is 6.42 Å². The molecular formula is C16H18ClN. The number of hydrogen-bond acceptors (Lipinski definition) is 1. The molecule has 94 valence electrons. The van der Waals surface area contributed by atoms with Gasteiger partial charge in [0, 0.05) is 17.5 Å². The molecule has 0 amide bonds. The Bertz CT molecular complexity index is 589. The lowest BCUT2D eigenvalue weighted by molar-refractivity contribution is 0.325. The Morgan fingerprint density at radius 2 is 2.00 bits per heavy atom. The molecule has 2 heteroatoms. The highest BCUT2D eigenvalue weighted by atomic mass is 35.5. The second-order valence-electron chi connectivity index (χ2n) is 5.77. The van der Waals surface area contributed by atoms with E-state index < -0.39 is 0 Å². The molecule has 0 aromatic heterocycles. The summed E-state index contributed by atoms with van der Waals surface area (Å²) in [6.07, 6.45) is 1.05. The highest BCUT2D eigenvalue weighted by Crippen LogP contribution is 2.35. The van der Waals surface area contributed by atoms with Crippen LogP contribution in [0.2, 0.25) is 0 Å². The number of hydrogen-bond donors (Lipinski definition) is 1. The minimum absolute atomic E-state index is 0.108. The first-order valence-electron chi connectivity index (χ1n) is 6.45. The molecule has 2 aromatic carbocycles. The van der Waals surface area contributed by atoms with Crippen molar-refractivity contribution >= 4 is 22.4 Å². The zero-order chi connectivity index (χ0) is 12.8. The van der Waals surface area contributed by atoms with Gasteiger partial charge in [-0.1, -0.05) is 36.4 Å². The maximum absolute atomic E-state index is 6.12. The number of fused-ring (bicyclic) bond motifs is 3. The minimum atomic E-state index is 0.108. The SMILES string of the molecule is CC1(C)Cc2c(ccc3ccccc23)[C@H](CCl)N1. The highest BCUT2D eigenvalue weighted by Gasteiger charge is 2.31. The molecule has 18 heavy (non-hydrogen) atoms. The van der Waals surface area contributed by atoms with Gasteiger partial charge in [0.15, 0.2) is 0 Å². The second kappa shape index (κ2) is 4.25. The third-order valence-electron chi connectivity index (χ3n) is 3.79. The molecule has 0 unspecified atom stereocenters. The van der Waals surface area contributed by atoms with Crippen LogP contribution in [0, 0.1) is 0 Å². The molecule has 2 aromatic rings. The molecule has 0 fully saturated rings. The highest BCUT2D eigenvalue weighted by molar-refractivity contribution is 6.18. The molecule has 1 aliphatic rings. The summed E-state index contributed by atoms with van der Waals surface area (Å²) in [4.78, 5) is 0. The molecule has 0 spiro atoms. The molecular weight excluding hydrogens is 242 g/mol. The van der Waals surface area contributed by atoms with Crippen LogP contribution in [-0.4, -0.2) is 11.4 Å². The summed E-state index contributed by atoms with van der Waals surface area (Å²) in [6, 6.07) is 13.3. The Labute approximate surface area is 113 Å². The van der Waals surface area contributed by atoms with E-state index in [0.29, 0.717) is 5.88 Å². The lowest BCUT2D eigenvalue weighted by atomic mass is 9.81. The van der Waals surface area contributed by atoms with Gasteiger partial charge in [0.05, 0.1) is 0 Å². The predicted octanol–water partition coefficient (Wildman–Crippen LogP) is 4.04. The summed E-state index contributed by atoms with van der Waals surface area (Å²) < 4.78 is 0. The van der Waals surface area contributed by atoms with E-state index in [1.54, 1.807) is 0 Å². The van der Waals surface area contributed by atoms with E-state index >= 15 is 0 Å². The lowest BCUT2D eigenvalue weighted by Crippen LogP contribution is -2.48. The van der Waals surface area contributed by atoms with E-state index in [-0.39, 0.29) is 11.6 Å². The average molecular weight is 260 g/mol. The number of halogens is 1. The van der Waals surface area contributed by atoms with Gasteiger partial charge in [-0.25, -0.2) is 0 Å². The average Bonchev–Trinajstić information content (AvgIpc) is 2.36. The van der Waals surface area contributed by atoms with Crippen LogP contribution in [0.1, 0.15) is 31.0 Å². The Hall–Kier alpha value is -1.05. The van der Waals surface area contributed by atoms with Gasteiger partial charge >= 0.3 is 0 Å². The molecule has 1 nitrogen and oxygen atoms in total. The molecule has 0 saturated carbocycles. The largest absolute Gasteiger partial charge is 0.304 e. The van der Waals surface area contributed by atoms with Crippen LogP contribution in [0.5, 0.6) is 0 Å². The monoisotopic (exact) mass is 259 g/mol. The van der Waals surface area contributed by atoms with E-state index in [4.69, 9.17) is 11.6 Å². The number of alkyl halides is 1. The van der Waals surface area contributed by atoms with E-state index in [1.165, 1.54) is 21.9 Å². The smallest absolute Gasteiger partial charge is 0.0464 e. The second-order valence-corrected chi connectivity index (χ2v) is 6.07. The Morgan fingerprint density at radius 1 is 1.22 bits per heavy atom. The molecule has 0 radical (unpaired) electrons. The molecule has 3 rings (SSSR count). The summed E-state index contributed by atoms with van der Waals surface area (Å²) >= 11 is 6.12. The number of nitrogens with one attached hydrogen (secondary N) is 1. The first-order chi connectivity index (χ1) is 8.61. The van der Waals surface area contributed by atoms with Gasteiger partial charge in [0.1, 0.15) is 0 Å².